The van der Waals surface area contributed by atoms with E-state index in [1.807, 2.05) is 7.05 Å². The van der Waals surface area contributed by atoms with Gasteiger partial charge >= 0.3 is 0 Å². The normalized spacial score (nSPS) is 17.6. The van der Waals surface area contributed by atoms with Crippen LogP contribution in [0.2, 0.25) is 0 Å². The number of anilines is 1. The molecule has 0 radical (unpaired) electrons. The van der Waals surface area contributed by atoms with Gasteiger partial charge in [0.25, 0.3) is 0 Å². The molecule has 2 rings (SSSR count). The van der Waals surface area contributed by atoms with Gasteiger partial charge in [-0.15, -0.1) is 0 Å². The summed E-state index contributed by atoms with van der Waals surface area (Å²) in [6.07, 6.45) is 2.72. The van der Waals surface area contributed by atoms with Crippen LogP contribution in [-0.4, -0.2) is 33.4 Å². The van der Waals surface area contributed by atoms with Crippen LogP contribution in [0.3, 0.4) is 0 Å². The first kappa shape index (κ1) is 16.8. The van der Waals surface area contributed by atoms with Crippen molar-refractivity contribution in [3.63, 3.8) is 0 Å². The van der Waals surface area contributed by atoms with Crippen LogP contribution in [-0.2, 0) is 4.74 Å². The van der Waals surface area contributed by atoms with Crippen LogP contribution >= 0.6 is 15.9 Å². The average molecular weight is 355 g/mol. The second-order valence-electron chi connectivity index (χ2n) is 5.98. The molecule has 1 N–H and O–H groups in total. The summed E-state index contributed by atoms with van der Waals surface area (Å²) in [7, 11) is 3.79. The van der Waals surface area contributed by atoms with Gasteiger partial charge in [0, 0.05) is 35.9 Å². The minimum atomic E-state index is 0.328. The Morgan fingerprint density at radius 1 is 1.38 bits per heavy atom. The number of nitrogens with one attached hydrogen (secondary N) is 1. The number of hydrogen-bond donors (Lipinski definition) is 1. The smallest absolute Gasteiger partial charge is 0.0637 e. The lowest BCUT2D eigenvalue weighted by Gasteiger charge is -2.34. The van der Waals surface area contributed by atoms with E-state index in [1.54, 1.807) is 7.11 Å². The maximum Gasteiger partial charge on any atom is 0.0637 e. The highest BCUT2D eigenvalue weighted by atomic mass is 79.9. The van der Waals surface area contributed by atoms with Gasteiger partial charge in [-0.3, -0.25) is 0 Å². The number of nitrogens with zero attached hydrogens (tertiary/aromatic N) is 1. The van der Waals surface area contributed by atoms with E-state index < -0.39 is 0 Å². The van der Waals surface area contributed by atoms with Gasteiger partial charge in [-0.1, -0.05) is 15.9 Å². The SMILES string of the molecule is CNC(C)c1cc(Br)ccc1N(CCOC)C(C)C1CC1. The number of ether oxygens (including phenoxy) is 1. The molecular formula is C17H27BrN2O. The molecule has 0 aliphatic heterocycles. The summed E-state index contributed by atoms with van der Waals surface area (Å²) in [5, 5.41) is 3.36. The van der Waals surface area contributed by atoms with Gasteiger partial charge in [-0.05, 0) is 63.4 Å². The number of hydrogen-bond acceptors (Lipinski definition) is 3. The number of halogens is 1. The fraction of sp³-hybridized carbons (Fsp3) is 0.647. The predicted molar refractivity (Wildman–Crippen MR) is 93.0 cm³/mol. The first-order chi connectivity index (χ1) is 10.1. The zero-order chi connectivity index (χ0) is 15.4. The highest BCUT2D eigenvalue weighted by Crippen LogP contribution is 2.39. The third-order valence-corrected chi connectivity index (χ3v) is 5.02. The Bertz CT molecular complexity index is 462. The number of rotatable bonds is 8. The molecule has 1 aromatic carbocycles. The molecule has 2 unspecified atom stereocenters. The molecule has 21 heavy (non-hydrogen) atoms. The minimum absolute atomic E-state index is 0.328. The van der Waals surface area contributed by atoms with Crippen LogP contribution < -0.4 is 10.2 Å². The third-order valence-electron chi connectivity index (χ3n) is 4.53. The maximum absolute atomic E-state index is 5.33. The van der Waals surface area contributed by atoms with Gasteiger partial charge in [0.1, 0.15) is 0 Å². The summed E-state index contributed by atoms with van der Waals surface area (Å²) in [5.41, 5.74) is 2.67. The van der Waals surface area contributed by atoms with Crippen molar-refractivity contribution in [1.29, 1.82) is 0 Å². The molecule has 0 heterocycles. The Morgan fingerprint density at radius 2 is 2.10 bits per heavy atom. The number of benzene rings is 1. The third kappa shape index (κ3) is 4.21. The van der Waals surface area contributed by atoms with Crippen molar-refractivity contribution in [2.75, 3.05) is 32.2 Å². The molecule has 1 aliphatic rings. The first-order valence-corrected chi connectivity index (χ1v) is 8.60. The molecule has 0 bridgehead atoms. The van der Waals surface area contributed by atoms with Gasteiger partial charge in [-0.2, -0.15) is 0 Å². The molecular weight excluding hydrogens is 328 g/mol. The van der Waals surface area contributed by atoms with Crippen LogP contribution in [0.5, 0.6) is 0 Å². The van der Waals surface area contributed by atoms with Crippen molar-refractivity contribution < 1.29 is 4.74 Å². The van der Waals surface area contributed by atoms with E-state index in [9.17, 15) is 0 Å². The fourth-order valence-corrected chi connectivity index (χ4v) is 3.23. The van der Waals surface area contributed by atoms with Crippen LogP contribution in [0.1, 0.15) is 38.3 Å². The second-order valence-corrected chi connectivity index (χ2v) is 6.89. The first-order valence-electron chi connectivity index (χ1n) is 7.80. The Balaban J connectivity index is 2.33. The van der Waals surface area contributed by atoms with Crippen molar-refractivity contribution in [3.8, 4) is 0 Å². The molecule has 1 aliphatic carbocycles. The van der Waals surface area contributed by atoms with Crippen LogP contribution in [0.25, 0.3) is 0 Å². The monoisotopic (exact) mass is 354 g/mol. The maximum atomic E-state index is 5.33. The Labute approximate surface area is 137 Å². The van der Waals surface area contributed by atoms with Gasteiger partial charge < -0.3 is 15.0 Å². The molecule has 0 saturated heterocycles. The zero-order valence-electron chi connectivity index (χ0n) is 13.5. The lowest BCUT2D eigenvalue weighted by atomic mass is 10.0. The summed E-state index contributed by atoms with van der Waals surface area (Å²) in [4.78, 5) is 2.52. The summed E-state index contributed by atoms with van der Waals surface area (Å²) in [6, 6.07) is 7.51. The molecule has 1 aromatic rings. The fourth-order valence-electron chi connectivity index (χ4n) is 2.86. The van der Waals surface area contributed by atoms with Crippen molar-refractivity contribution in [1.82, 2.24) is 5.32 Å². The van der Waals surface area contributed by atoms with E-state index >= 15 is 0 Å². The Kier molecular flexibility index (Phi) is 6.08. The molecule has 0 amide bonds. The predicted octanol–water partition coefficient (Wildman–Crippen LogP) is 3.98. The number of methoxy groups -OCH3 is 1. The summed E-state index contributed by atoms with van der Waals surface area (Å²) in [5.74, 6) is 0.836. The van der Waals surface area contributed by atoms with E-state index in [-0.39, 0.29) is 0 Å². The van der Waals surface area contributed by atoms with E-state index in [0.29, 0.717) is 12.1 Å². The topological polar surface area (TPSA) is 24.5 Å². The van der Waals surface area contributed by atoms with Gasteiger partial charge in [0.2, 0.25) is 0 Å². The second kappa shape index (κ2) is 7.61. The zero-order valence-corrected chi connectivity index (χ0v) is 15.1. The summed E-state index contributed by atoms with van der Waals surface area (Å²) < 4.78 is 6.46. The van der Waals surface area contributed by atoms with Crippen molar-refractivity contribution in [3.05, 3.63) is 28.2 Å². The Morgan fingerprint density at radius 3 is 2.67 bits per heavy atom. The molecule has 1 fully saturated rings. The highest BCUT2D eigenvalue weighted by molar-refractivity contribution is 9.10. The molecule has 2 atom stereocenters. The quantitative estimate of drug-likeness (QED) is 0.763. The van der Waals surface area contributed by atoms with E-state index in [2.05, 4.69) is 58.2 Å². The Hall–Kier alpha value is -0.580. The summed E-state index contributed by atoms with van der Waals surface area (Å²) in [6.45, 7) is 6.27. The average Bonchev–Trinajstić information content (AvgIpc) is 3.32. The van der Waals surface area contributed by atoms with Crippen molar-refractivity contribution in [2.45, 2.75) is 38.8 Å². The standard InChI is InChI=1S/C17H27BrN2O/c1-12(19-3)16-11-15(18)7-8-17(16)20(9-10-21-4)13(2)14-5-6-14/h7-8,11-14,19H,5-6,9-10H2,1-4H3. The van der Waals surface area contributed by atoms with E-state index in [0.717, 1.165) is 23.5 Å². The largest absolute Gasteiger partial charge is 0.383 e. The molecule has 0 spiro atoms. The van der Waals surface area contributed by atoms with Crippen LogP contribution in [0.15, 0.2) is 22.7 Å². The minimum Gasteiger partial charge on any atom is -0.383 e. The lowest BCUT2D eigenvalue weighted by molar-refractivity contribution is 0.202. The molecule has 1 saturated carbocycles. The van der Waals surface area contributed by atoms with Crippen molar-refractivity contribution >= 4 is 21.6 Å². The van der Waals surface area contributed by atoms with E-state index in [4.69, 9.17) is 4.74 Å². The lowest BCUT2D eigenvalue weighted by Crippen LogP contribution is -2.38. The molecule has 3 nitrogen and oxygen atoms in total. The van der Waals surface area contributed by atoms with Gasteiger partial charge in [-0.25, -0.2) is 0 Å². The van der Waals surface area contributed by atoms with Crippen LogP contribution in [0.4, 0.5) is 5.69 Å². The van der Waals surface area contributed by atoms with E-state index in [1.165, 1.54) is 24.1 Å². The molecule has 118 valence electrons. The summed E-state index contributed by atoms with van der Waals surface area (Å²) >= 11 is 3.60. The van der Waals surface area contributed by atoms with Gasteiger partial charge in [0.15, 0.2) is 0 Å². The van der Waals surface area contributed by atoms with Gasteiger partial charge in [0.05, 0.1) is 6.61 Å². The molecule has 4 heteroatoms. The molecule has 0 aromatic heterocycles. The van der Waals surface area contributed by atoms with Crippen molar-refractivity contribution in [2.24, 2.45) is 5.92 Å². The van der Waals surface area contributed by atoms with Crippen LogP contribution in [0, 0.1) is 5.92 Å². The highest BCUT2D eigenvalue weighted by Gasteiger charge is 2.33.